The van der Waals surface area contributed by atoms with Crippen molar-refractivity contribution in [2.45, 2.75) is 0 Å². The lowest BCUT2D eigenvalue weighted by Crippen LogP contribution is -2.11. The van der Waals surface area contributed by atoms with Gasteiger partial charge in [0.2, 0.25) is 0 Å². The highest BCUT2D eigenvalue weighted by atomic mass is 19.2. The minimum atomic E-state index is -0.984. The molecule has 0 fully saturated rings. The molecular weight excluding hydrogens is 891 g/mol. The zero-order valence-electron chi connectivity index (χ0n) is 36.8. The molecule has 0 atom stereocenters. The van der Waals surface area contributed by atoms with Gasteiger partial charge in [0, 0.05) is 79.2 Å². The van der Waals surface area contributed by atoms with Crippen LogP contribution in [0.25, 0.3) is 66.1 Å². The number of benzene rings is 10. The maximum Gasteiger partial charge on any atom is 0.160 e. The van der Waals surface area contributed by atoms with Gasteiger partial charge in [-0.05, 0) is 157 Å². The third-order valence-electron chi connectivity index (χ3n) is 12.9. The van der Waals surface area contributed by atoms with E-state index in [0.717, 1.165) is 78.2 Å². The topological polar surface area (TPSA) is 16.3 Å². The van der Waals surface area contributed by atoms with E-state index in [1.54, 1.807) is 24.3 Å². The zero-order valence-corrected chi connectivity index (χ0v) is 36.8. The van der Waals surface area contributed by atoms with Crippen molar-refractivity contribution in [2.24, 2.45) is 0 Å². The summed E-state index contributed by atoms with van der Waals surface area (Å²) < 4.78 is 91.0. The summed E-state index contributed by atoms with van der Waals surface area (Å²) in [6.45, 7) is 0. The molecule has 2 aromatic heterocycles. The van der Waals surface area contributed by atoms with Crippen molar-refractivity contribution in [3.05, 3.63) is 253 Å². The van der Waals surface area contributed by atoms with Crippen LogP contribution in [-0.2, 0) is 0 Å². The summed E-state index contributed by atoms with van der Waals surface area (Å²) >= 11 is 0. The summed E-state index contributed by atoms with van der Waals surface area (Å²) in [5.74, 6) is -4.55. The second kappa shape index (κ2) is 16.9. The Kier molecular flexibility index (Phi) is 10.2. The smallest absolute Gasteiger partial charge is 0.160 e. The Bertz CT molecular complexity index is 3700. The van der Waals surface area contributed by atoms with Gasteiger partial charge >= 0.3 is 0 Å². The predicted octanol–water partition coefficient (Wildman–Crippen LogP) is 17.3. The molecule has 0 aliphatic carbocycles. The Hall–Kier alpha value is -9.02. The fourth-order valence-electron chi connectivity index (χ4n) is 9.69. The van der Waals surface area contributed by atoms with Gasteiger partial charge in [-0.1, -0.05) is 60.7 Å². The quantitative estimate of drug-likeness (QED) is 0.134. The summed E-state index contributed by atoms with van der Waals surface area (Å²) in [6, 6.07) is 63.5. The Balaban J connectivity index is 0.920. The van der Waals surface area contributed by atoms with Crippen molar-refractivity contribution in [2.75, 3.05) is 9.80 Å². The van der Waals surface area contributed by atoms with Gasteiger partial charge in [-0.2, -0.15) is 0 Å². The molecule has 0 amide bonds. The largest absolute Gasteiger partial charge is 0.310 e. The van der Waals surface area contributed by atoms with Crippen LogP contribution in [0.5, 0.6) is 0 Å². The van der Waals surface area contributed by atoms with E-state index in [0.29, 0.717) is 34.1 Å². The fraction of sp³-hybridized carbons (Fsp3) is 0. The standard InChI is InChI=1S/C60H36F6N4/c61-39-13-21-43(22-14-39)69-57-7-3-1-5-49(57)51-33-45(27-31-59(51)69)67(47-25-29-53(63)55(65)35-47)41-17-9-37(10-18-41)38-11-19-42(20-12-38)68(48-26-30-54(64)56(66)36-48)46-28-32-60-52(34-46)50-6-2-4-8-58(50)70(60)44-23-15-40(62)16-24-44/h1-36H. The second-order valence-electron chi connectivity index (χ2n) is 17.0. The zero-order chi connectivity index (χ0) is 47.6. The van der Waals surface area contributed by atoms with Crippen molar-refractivity contribution >= 4 is 77.7 Å². The number of rotatable bonds is 9. The van der Waals surface area contributed by atoms with E-state index in [1.165, 1.54) is 48.5 Å². The van der Waals surface area contributed by atoms with Crippen molar-refractivity contribution < 1.29 is 26.3 Å². The van der Waals surface area contributed by atoms with E-state index < -0.39 is 23.3 Å². The van der Waals surface area contributed by atoms with Gasteiger partial charge < -0.3 is 18.9 Å². The maximum atomic E-state index is 15.0. The molecule has 0 N–H and O–H groups in total. The van der Waals surface area contributed by atoms with Gasteiger partial charge in [0.1, 0.15) is 11.6 Å². The summed E-state index contributed by atoms with van der Waals surface area (Å²) in [6.07, 6.45) is 0. The number of aromatic nitrogens is 2. The highest BCUT2D eigenvalue weighted by Gasteiger charge is 2.21. The van der Waals surface area contributed by atoms with Gasteiger partial charge in [-0.15, -0.1) is 0 Å². The van der Waals surface area contributed by atoms with E-state index in [2.05, 4.69) is 9.13 Å². The highest BCUT2D eigenvalue weighted by molar-refractivity contribution is 6.12. The molecule has 0 spiro atoms. The maximum absolute atomic E-state index is 15.0. The summed E-state index contributed by atoms with van der Waals surface area (Å²) in [4.78, 5) is 3.74. The first-order chi connectivity index (χ1) is 34.2. The van der Waals surface area contributed by atoms with Gasteiger partial charge in [0.05, 0.1) is 22.1 Å². The Morgan fingerprint density at radius 2 is 0.586 bits per heavy atom. The molecule has 10 heteroatoms. The first-order valence-corrected chi connectivity index (χ1v) is 22.5. The lowest BCUT2D eigenvalue weighted by Gasteiger charge is -2.26. The predicted molar refractivity (Wildman–Crippen MR) is 270 cm³/mol. The number of hydrogen-bond donors (Lipinski definition) is 0. The molecule has 0 aliphatic rings. The lowest BCUT2D eigenvalue weighted by atomic mass is 10.0. The number of nitrogens with zero attached hydrogens (tertiary/aromatic N) is 4. The SMILES string of the molecule is Fc1ccc(-n2c3ccccc3c3cc(N(c4ccc(-c5ccc(N(c6ccc(F)c(F)c6)c6ccc7c(c6)c6ccccc6n7-c6ccc(F)cc6)cc5)cc4)c4ccc(F)c(F)c4)ccc32)cc1. The molecule has 0 saturated carbocycles. The molecule has 338 valence electrons. The Morgan fingerprint density at radius 1 is 0.257 bits per heavy atom. The molecular formula is C60H36F6N4. The van der Waals surface area contributed by atoms with Crippen LogP contribution in [0.1, 0.15) is 0 Å². The number of para-hydroxylation sites is 2. The molecule has 12 aromatic rings. The molecule has 4 nitrogen and oxygen atoms in total. The average Bonchev–Trinajstić information content (AvgIpc) is 3.89. The van der Waals surface area contributed by atoms with Crippen molar-refractivity contribution in [1.29, 1.82) is 0 Å². The van der Waals surface area contributed by atoms with Crippen molar-refractivity contribution in [3.8, 4) is 22.5 Å². The summed E-state index contributed by atoms with van der Waals surface area (Å²) in [5, 5.41) is 3.75. The minimum Gasteiger partial charge on any atom is -0.310 e. The molecule has 2 heterocycles. The Labute approximate surface area is 397 Å². The van der Waals surface area contributed by atoms with Crippen LogP contribution in [0.4, 0.5) is 60.5 Å². The van der Waals surface area contributed by atoms with Crippen LogP contribution < -0.4 is 9.80 Å². The molecule has 70 heavy (non-hydrogen) atoms. The lowest BCUT2D eigenvalue weighted by molar-refractivity contribution is 0.509. The number of fused-ring (bicyclic) bond motifs is 6. The molecule has 10 aromatic carbocycles. The van der Waals surface area contributed by atoms with E-state index in [4.69, 9.17) is 0 Å². The van der Waals surface area contributed by atoms with Crippen LogP contribution in [-0.4, -0.2) is 9.13 Å². The normalized spacial score (nSPS) is 11.6. The number of anilines is 6. The van der Waals surface area contributed by atoms with Crippen molar-refractivity contribution in [3.63, 3.8) is 0 Å². The number of hydrogen-bond acceptors (Lipinski definition) is 2. The molecule has 12 rings (SSSR count). The van der Waals surface area contributed by atoms with Gasteiger partial charge in [-0.25, -0.2) is 26.3 Å². The van der Waals surface area contributed by atoms with Crippen LogP contribution in [0.2, 0.25) is 0 Å². The van der Waals surface area contributed by atoms with Crippen LogP contribution in [0, 0.1) is 34.9 Å². The summed E-state index contributed by atoms with van der Waals surface area (Å²) in [5.41, 5.74) is 10.6. The van der Waals surface area contributed by atoms with Crippen molar-refractivity contribution in [1.82, 2.24) is 9.13 Å². The van der Waals surface area contributed by atoms with E-state index >= 15 is 8.78 Å². The summed E-state index contributed by atoms with van der Waals surface area (Å²) in [7, 11) is 0. The van der Waals surface area contributed by atoms with Gasteiger partial charge in [0.25, 0.3) is 0 Å². The van der Waals surface area contributed by atoms with Gasteiger partial charge in [-0.3, -0.25) is 0 Å². The third kappa shape index (κ3) is 7.28. The number of halogens is 6. The van der Waals surface area contributed by atoms with Crippen LogP contribution >= 0.6 is 0 Å². The van der Waals surface area contributed by atoms with Crippen LogP contribution in [0.3, 0.4) is 0 Å². The van der Waals surface area contributed by atoms with E-state index in [9.17, 15) is 17.6 Å². The minimum absolute atomic E-state index is 0.334. The molecule has 0 aliphatic heterocycles. The Morgan fingerprint density at radius 3 is 0.971 bits per heavy atom. The van der Waals surface area contributed by atoms with Crippen LogP contribution in [0.15, 0.2) is 218 Å². The molecule has 0 unspecified atom stereocenters. The molecule has 0 saturated heterocycles. The molecule has 0 bridgehead atoms. The highest BCUT2D eigenvalue weighted by Crippen LogP contribution is 2.43. The second-order valence-corrected chi connectivity index (χ2v) is 17.0. The monoisotopic (exact) mass is 926 g/mol. The first kappa shape index (κ1) is 42.3. The van der Waals surface area contributed by atoms with E-state index in [1.807, 2.05) is 143 Å². The average molecular weight is 927 g/mol. The first-order valence-electron chi connectivity index (χ1n) is 22.5. The fourth-order valence-corrected chi connectivity index (χ4v) is 9.69. The molecule has 0 radical (unpaired) electrons. The van der Waals surface area contributed by atoms with E-state index in [-0.39, 0.29) is 11.6 Å². The third-order valence-corrected chi connectivity index (χ3v) is 12.9. The van der Waals surface area contributed by atoms with Gasteiger partial charge in [0.15, 0.2) is 23.3 Å².